The van der Waals surface area contributed by atoms with Gasteiger partial charge in [0.1, 0.15) is 5.01 Å². The van der Waals surface area contributed by atoms with Gasteiger partial charge in [0.25, 0.3) is 0 Å². The second-order valence-corrected chi connectivity index (χ2v) is 9.04. The SMILES string of the molecule is CCCc1ccc(-c2nc(NC(=O)Cc3csc(-c4cccnc4)n3)sc2C)cc1. The van der Waals surface area contributed by atoms with E-state index >= 15 is 0 Å². The standard InChI is InChI=1S/C23H22N4OS2/c1-3-5-16-7-9-17(10-8-16)21-15(2)30-23(27-21)26-20(28)12-19-14-29-22(25-19)18-6-4-11-24-13-18/h4,6-11,13-14H,3,5,12H2,1-2H3,(H,26,27,28). The molecule has 0 bridgehead atoms. The van der Waals surface area contributed by atoms with Gasteiger partial charge in [0.2, 0.25) is 5.91 Å². The van der Waals surface area contributed by atoms with Crippen LogP contribution in [0.1, 0.15) is 29.5 Å². The van der Waals surface area contributed by atoms with Gasteiger partial charge in [-0.3, -0.25) is 9.78 Å². The molecule has 0 unspecified atom stereocenters. The Morgan fingerprint density at radius 3 is 2.67 bits per heavy atom. The van der Waals surface area contributed by atoms with Gasteiger partial charge in [-0.2, -0.15) is 0 Å². The number of carbonyl (C=O) groups excluding carboxylic acids is 1. The number of hydrogen-bond acceptors (Lipinski definition) is 6. The summed E-state index contributed by atoms with van der Waals surface area (Å²) in [6.07, 6.45) is 5.94. The maximum Gasteiger partial charge on any atom is 0.232 e. The first-order chi connectivity index (χ1) is 14.6. The molecule has 5 nitrogen and oxygen atoms in total. The average molecular weight is 435 g/mol. The maximum atomic E-state index is 12.5. The summed E-state index contributed by atoms with van der Waals surface area (Å²) in [7, 11) is 0. The molecule has 0 aliphatic rings. The number of carbonyl (C=O) groups is 1. The normalized spacial score (nSPS) is 10.9. The van der Waals surface area contributed by atoms with Crippen LogP contribution >= 0.6 is 22.7 Å². The second-order valence-electron chi connectivity index (χ2n) is 6.98. The van der Waals surface area contributed by atoms with Crippen LogP contribution in [0, 0.1) is 6.92 Å². The van der Waals surface area contributed by atoms with Gasteiger partial charge in [0, 0.05) is 33.8 Å². The number of rotatable bonds is 7. The van der Waals surface area contributed by atoms with Crippen LogP contribution in [0.3, 0.4) is 0 Å². The van der Waals surface area contributed by atoms with Crippen LogP contribution in [0.2, 0.25) is 0 Å². The largest absolute Gasteiger partial charge is 0.302 e. The molecular weight excluding hydrogens is 412 g/mol. The van der Waals surface area contributed by atoms with Crippen molar-refractivity contribution in [3.63, 3.8) is 0 Å². The maximum absolute atomic E-state index is 12.5. The van der Waals surface area contributed by atoms with Crippen LogP contribution in [0.15, 0.2) is 54.2 Å². The molecule has 7 heteroatoms. The molecule has 3 heterocycles. The Morgan fingerprint density at radius 2 is 1.93 bits per heavy atom. The molecule has 1 amide bonds. The predicted octanol–water partition coefficient (Wildman–Crippen LogP) is 5.77. The van der Waals surface area contributed by atoms with Crippen LogP contribution in [-0.2, 0) is 17.6 Å². The van der Waals surface area contributed by atoms with Crippen molar-refractivity contribution in [1.29, 1.82) is 0 Å². The second kappa shape index (κ2) is 9.28. The number of aromatic nitrogens is 3. The molecular formula is C23H22N4OS2. The lowest BCUT2D eigenvalue weighted by Gasteiger charge is -2.02. The molecule has 0 fully saturated rings. The Labute approximate surface area is 183 Å². The third-order valence-corrected chi connectivity index (χ3v) is 6.44. The molecule has 4 aromatic rings. The smallest absolute Gasteiger partial charge is 0.232 e. The van der Waals surface area contributed by atoms with E-state index in [4.69, 9.17) is 0 Å². The van der Waals surface area contributed by atoms with Crippen molar-refractivity contribution in [1.82, 2.24) is 15.0 Å². The van der Waals surface area contributed by atoms with Gasteiger partial charge in [-0.15, -0.1) is 22.7 Å². The summed E-state index contributed by atoms with van der Waals surface area (Å²) >= 11 is 3.01. The molecule has 1 aromatic carbocycles. The molecule has 1 N–H and O–H groups in total. The van der Waals surface area contributed by atoms with Crippen LogP contribution in [0.5, 0.6) is 0 Å². The Bertz CT molecular complexity index is 1130. The number of nitrogens with one attached hydrogen (secondary N) is 1. The van der Waals surface area contributed by atoms with E-state index in [0.29, 0.717) is 5.13 Å². The molecule has 30 heavy (non-hydrogen) atoms. The van der Waals surface area contributed by atoms with E-state index in [1.54, 1.807) is 12.4 Å². The summed E-state index contributed by atoms with van der Waals surface area (Å²) in [5.74, 6) is -0.114. The molecule has 0 spiro atoms. The Hall–Kier alpha value is -2.90. The Balaban J connectivity index is 1.42. The Kier molecular flexibility index (Phi) is 6.30. The van der Waals surface area contributed by atoms with Crippen molar-refractivity contribution in [2.45, 2.75) is 33.1 Å². The van der Waals surface area contributed by atoms with E-state index in [1.807, 2.05) is 24.4 Å². The van der Waals surface area contributed by atoms with Crippen molar-refractivity contribution >= 4 is 33.7 Å². The predicted molar refractivity (Wildman–Crippen MR) is 124 cm³/mol. The van der Waals surface area contributed by atoms with Gasteiger partial charge < -0.3 is 5.32 Å². The van der Waals surface area contributed by atoms with Crippen molar-refractivity contribution in [2.75, 3.05) is 5.32 Å². The highest BCUT2D eigenvalue weighted by Crippen LogP contribution is 2.31. The molecule has 0 aliphatic carbocycles. The zero-order chi connectivity index (χ0) is 20.9. The van der Waals surface area contributed by atoms with Gasteiger partial charge in [0.05, 0.1) is 17.8 Å². The summed E-state index contributed by atoms with van der Waals surface area (Å²) in [6.45, 7) is 4.21. The molecule has 0 radical (unpaired) electrons. The number of aryl methyl sites for hydroxylation is 2. The molecule has 0 aliphatic heterocycles. The van der Waals surface area contributed by atoms with Gasteiger partial charge >= 0.3 is 0 Å². The highest BCUT2D eigenvalue weighted by Gasteiger charge is 2.14. The number of nitrogens with zero attached hydrogens (tertiary/aromatic N) is 3. The Morgan fingerprint density at radius 1 is 1.10 bits per heavy atom. The molecule has 152 valence electrons. The zero-order valence-electron chi connectivity index (χ0n) is 16.9. The fourth-order valence-corrected chi connectivity index (χ4v) is 4.84. The first-order valence-electron chi connectivity index (χ1n) is 9.83. The topological polar surface area (TPSA) is 67.8 Å². The van der Waals surface area contributed by atoms with Crippen LogP contribution in [0.25, 0.3) is 21.8 Å². The average Bonchev–Trinajstić information content (AvgIpc) is 3.36. The van der Waals surface area contributed by atoms with Gasteiger partial charge in [-0.1, -0.05) is 37.6 Å². The highest BCUT2D eigenvalue weighted by atomic mass is 32.1. The molecule has 0 atom stereocenters. The van der Waals surface area contributed by atoms with Crippen LogP contribution < -0.4 is 5.32 Å². The zero-order valence-corrected chi connectivity index (χ0v) is 18.5. The van der Waals surface area contributed by atoms with Crippen molar-refractivity contribution in [3.05, 3.63) is 70.3 Å². The summed E-state index contributed by atoms with van der Waals surface area (Å²) in [5, 5.41) is 6.32. The molecule has 3 aromatic heterocycles. The van der Waals surface area contributed by atoms with E-state index in [0.717, 1.165) is 45.2 Å². The third-order valence-electron chi connectivity index (χ3n) is 4.61. The lowest BCUT2D eigenvalue weighted by molar-refractivity contribution is -0.115. The quantitative estimate of drug-likeness (QED) is 0.401. The number of thiazole rings is 2. The minimum atomic E-state index is -0.114. The minimum Gasteiger partial charge on any atom is -0.302 e. The lowest BCUT2D eigenvalue weighted by atomic mass is 10.1. The first kappa shape index (κ1) is 20.4. The fraction of sp³-hybridized carbons (Fsp3) is 0.217. The van der Waals surface area contributed by atoms with Gasteiger partial charge in [0.15, 0.2) is 5.13 Å². The summed E-state index contributed by atoms with van der Waals surface area (Å²) in [6, 6.07) is 12.4. The monoisotopic (exact) mass is 434 g/mol. The summed E-state index contributed by atoms with van der Waals surface area (Å²) in [4.78, 5) is 26.9. The third kappa shape index (κ3) is 4.80. The fourth-order valence-electron chi connectivity index (χ4n) is 3.17. The number of anilines is 1. The minimum absolute atomic E-state index is 0.114. The van der Waals surface area contributed by atoms with Crippen LogP contribution in [-0.4, -0.2) is 20.9 Å². The van der Waals surface area contributed by atoms with E-state index in [-0.39, 0.29) is 12.3 Å². The van der Waals surface area contributed by atoms with Crippen molar-refractivity contribution in [2.24, 2.45) is 0 Å². The van der Waals surface area contributed by atoms with Crippen LogP contribution in [0.4, 0.5) is 5.13 Å². The van der Waals surface area contributed by atoms with Crippen molar-refractivity contribution in [3.8, 4) is 21.8 Å². The molecule has 0 saturated carbocycles. The highest BCUT2D eigenvalue weighted by molar-refractivity contribution is 7.16. The van der Waals surface area contributed by atoms with E-state index < -0.39 is 0 Å². The molecule has 4 rings (SSSR count). The summed E-state index contributed by atoms with van der Waals surface area (Å²) < 4.78 is 0. The van der Waals surface area contributed by atoms with Crippen molar-refractivity contribution < 1.29 is 4.79 Å². The number of hydrogen-bond donors (Lipinski definition) is 1. The van der Waals surface area contributed by atoms with E-state index in [9.17, 15) is 4.79 Å². The number of pyridine rings is 1. The van der Waals surface area contributed by atoms with E-state index in [1.165, 1.54) is 28.2 Å². The summed E-state index contributed by atoms with van der Waals surface area (Å²) in [5.41, 5.74) is 5.03. The van der Waals surface area contributed by atoms with E-state index in [2.05, 4.69) is 51.5 Å². The lowest BCUT2D eigenvalue weighted by Crippen LogP contribution is -2.14. The number of amides is 1. The van der Waals surface area contributed by atoms with Gasteiger partial charge in [-0.25, -0.2) is 9.97 Å². The molecule has 0 saturated heterocycles. The number of benzene rings is 1. The van der Waals surface area contributed by atoms with Gasteiger partial charge in [-0.05, 0) is 31.0 Å². The first-order valence-corrected chi connectivity index (χ1v) is 11.5.